The van der Waals surface area contributed by atoms with E-state index in [2.05, 4.69) is 13.8 Å². The maximum absolute atomic E-state index is 13.6. The lowest BCUT2D eigenvalue weighted by atomic mass is 9.95. The van der Waals surface area contributed by atoms with Gasteiger partial charge in [-0.25, -0.2) is 0 Å². The topological polar surface area (TPSA) is 92.6 Å². The lowest BCUT2D eigenvalue weighted by molar-refractivity contribution is -0.896. The zero-order valence-electron chi connectivity index (χ0n) is 22.5. The molecular formula is C29H38N2O6. The van der Waals surface area contributed by atoms with E-state index in [0.717, 1.165) is 26.1 Å². The number of benzene rings is 2. The summed E-state index contributed by atoms with van der Waals surface area (Å²) in [5, 5.41) is 13.6. The molecule has 1 saturated heterocycles. The fourth-order valence-corrected chi connectivity index (χ4v) is 4.63. The van der Waals surface area contributed by atoms with Gasteiger partial charge in [0.1, 0.15) is 5.75 Å². The first-order valence-electron chi connectivity index (χ1n) is 12.9. The minimum Gasteiger partial charge on any atom is -0.872 e. The smallest absolute Gasteiger partial charge is 0.295 e. The first kappa shape index (κ1) is 28.1. The van der Waals surface area contributed by atoms with Gasteiger partial charge in [0.15, 0.2) is 11.5 Å². The molecule has 3 rings (SSSR count). The van der Waals surface area contributed by atoms with Crippen molar-refractivity contribution in [3.8, 4) is 17.2 Å². The van der Waals surface area contributed by atoms with Crippen LogP contribution < -0.4 is 24.2 Å². The predicted molar refractivity (Wildman–Crippen MR) is 140 cm³/mol. The van der Waals surface area contributed by atoms with Gasteiger partial charge < -0.3 is 29.1 Å². The summed E-state index contributed by atoms with van der Waals surface area (Å²) in [6.45, 7) is 10.00. The van der Waals surface area contributed by atoms with E-state index in [4.69, 9.17) is 14.2 Å². The standard InChI is InChI=1S/C29H38N2O6/c1-6-18-37-23-15-12-21(19-24(23)36-5)26-25(27(32)20-10-13-22(35-4)14-11-20)28(33)29(34)31(26)17-9-16-30(7-2)8-3/h10-15,19,26,32H,6-9,16-18H2,1-5H3. The molecule has 1 fully saturated rings. The van der Waals surface area contributed by atoms with Crippen LogP contribution in [0.1, 0.15) is 50.8 Å². The lowest BCUT2D eigenvalue weighted by Crippen LogP contribution is -3.11. The number of hydrogen-bond donors (Lipinski definition) is 1. The summed E-state index contributed by atoms with van der Waals surface area (Å²) < 4.78 is 16.5. The van der Waals surface area contributed by atoms with Crippen molar-refractivity contribution in [2.45, 2.75) is 39.7 Å². The van der Waals surface area contributed by atoms with Gasteiger partial charge in [-0.3, -0.25) is 9.59 Å². The predicted octanol–water partition coefficient (Wildman–Crippen LogP) is 2.03. The van der Waals surface area contributed by atoms with Crippen molar-refractivity contribution in [1.29, 1.82) is 0 Å². The molecule has 0 bridgehead atoms. The van der Waals surface area contributed by atoms with Crippen molar-refractivity contribution in [3.05, 3.63) is 59.2 Å². The first-order chi connectivity index (χ1) is 17.9. The number of ketones is 1. The zero-order chi connectivity index (χ0) is 26.9. The van der Waals surface area contributed by atoms with Gasteiger partial charge in [0, 0.05) is 18.5 Å². The van der Waals surface area contributed by atoms with E-state index >= 15 is 0 Å². The number of carbonyl (C=O) groups excluding carboxylic acids is 2. The molecule has 1 aliphatic heterocycles. The Kier molecular flexibility index (Phi) is 9.97. The summed E-state index contributed by atoms with van der Waals surface area (Å²) in [6, 6.07) is 11.1. The van der Waals surface area contributed by atoms with Gasteiger partial charge in [0.25, 0.3) is 5.91 Å². The molecule has 2 aromatic rings. The van der Waals surface area contributed by atoms with Crippen LogP contribution in [-0.2, 0) is 9.59 Å². The maximum Gasteiger partial charge on any atom is 0.295 e. The molecule has 1 heterocycles. The number of likely N-dealkylation sites (tertiary alicyclic amines) is 1. The summed E-state index contributed by atoms with van der Waals surface area (Å²) in [5.41, 5.74) is 0.910. The van der Waals surface area contributed by atoms with Crippen LogP contribution in [0.25, 0.3) is 5.76 Å². The van der Waals surface area contributed by atoms with Crippen LogP contribution in [0.4, 0.5) is 0 Å². The highest BCUT2D eigenvalue weighted by Gasteiger charge is 2.44. The Morgan fingerprint density at radius 3 is 2.27 bits per heavy atom. The molecule has 0 aliphatic carbocycles. The summed E-state index contributed by atoms with van der Waals surface area (Å²) in [5.74, 6) is -0.217. The molecule has 37 heavy (non-hydrogen) atoms. The Hall–Kier alpha value is -3.52. The van der Waals surface area contributed by atoms with Crippen LogP contribution in [0.15, 0.2) is 48.0 Å². The average molecular weight is 511 g/mol. The molecule has 1 atom stereocenters. The lowest BCUT2D eigenvalue weighted by Gasteiger charge is -2.28. The third kappa shape index (κ3) is 6.25. The fraction of sp³-hybridized carbons (Fsp3) is 0.448. The summed E-state index contributed by atoms with van der Waals surface area (Å²) in [6.07, 6.45) is 1.55. The molecule has 0 aromatic heterocycles. The molecule has 1 aliphatic rings. The van der Waals surface area contributed by atoms with Gasteiger partial charge in [-0.1, -0.05) is 30.9 Å². The van der Waals surface area contributed by atoms with Gasteiger partial charge in [0.05, 0.1) is 46.5 Å². The Morgan fingerprint density at radius 1 is 0.973 bits per heavy atom. The second kappa shape index (κ2) is 13.1. The number of amides is 1. The van der Waals surface area contributed by atoms with E-state index in [1.54, 1.807) is 56.7 Å². The Morgan fingerprint density at radius 2 is 1.68 bits per heavy atom. The summed E-state index contributed by atoms with van der Waals surface area (Å²) in [4.78, 5) is 29.4. The van der Waals surface area contributed by atoms with Crippen molar-refractivity contribution in [1.82, 2.24) is 4.90 Å². The Labute approximate surface area is 219 Å². The van der Waals surface area contributed by atoms with Gasteiger partial charge in [-0.05, 0) is 55.7 Å². The van der Waals surface area contributed by atoms with Gasteiger partial charge in [-0.2, -0.15) is 0 Å². The number of rotatable bonds is 13. The quantitative estimate of drug-likeness (QED) is 0.252. The number of methoxy groups -OCH3 is 2. The number of Topliss-reactive ketones (excluding diaryl/α,β-unsaturated/α-hetero) is 1. The van der Waals surface area contributed by atoms with Crippen molar-refractivity contribution in [2.24, 2.45) is 0 Å². The van der Waals surface area contributed by atoms with Gasteiger partial charge in [0.2, 0.25) is 5.78 Å². The molecule has 1 amide bonds. The van der Waals surface area contributed by atoms with Gasteiger partial charge in [-0.15, -0.1) is 0 Å². The van der Waals surface area contributed by atoms with Crippen molar-refractivity contribution < 1.29 is 33.8 Å². The van der Waals surface area contributed by atoms with Crippen LogP contribution in [0.3, 0.4) is 0 Å². The van der Waals surface area contributed by atoms with Crippen molar-refractivity contribution >= 4 is 17.4 Å². The number of nitrogens with one attached hydrogen (secondary N) is 1. The van der Waals surface area contributed by atoms with Crippen LogP contribution in [0, 0.1) is 0 Å². The molecule has 0 saturated carbocycles. The Bertz CT molecular complexity index is 1110. The number of ether oxygens (including phenoxy) is 3. The SMILES string of the molecule is CCCOc1ccc(C2C(=C([O-])c3ccc(OC)cc3)C(=O)C(=O)N2CCC[NH+](CC)CC)cc1OC. The summed E-state index contributed by atoms with van der Waals surface area (Å²) >= 11 is 0. The van der Waals surface area contributed by atoms with E-state index in [1.165, 1.54) is 9.80 Å². The molecule has 0 radical (unpaired) electrons. The highest BCUT2D eigenvalue weighted by Crippen LogP contribution is 2.41. The average Bonchev–Trinajstić information content (AvgIpc) is 3.18. The first-order valence-corrected chi connectivity index (χ1v) is 12.9. The van der Waals surface area contributed by atoms with Gasteiger partial charge >= 0.3 is 0 Å². The minimum atomic E-state index is -0.810. The second-order valence-corrected chi connectivity index (χ2v) is 9.02. The molecule has 8 heteroatoms. The molecule has 2 aromatic carbocycles. The van der Waals surface area contributed by atoms with Crippen molar-refractivity contribution in [3.63, 3.8) is 0 Å². The van der Waals surface area contributed by atoms with E-state index < -0.39 is 23.5 Å². The largest absolute Gasteiger partial charge is 0.872 e. The van der Waals surface area contributed by atoms with Crippen LogP contribution in [0.5, 0.6) is 17.2 Å². The minimum absolute atomic E-state index is 0.0466. The zero-order valence-corrected chi connectivity index (χ0v) is 22.5. The molecule has 1 unspecified atom stereocenters. The molecule has 200 valence electrons. The van der Waals surface area contributed by atoms with E-state index in [1.807, 2.05) is 6.92 Å². The van der Waals surface area contributed by atoms with Crippen molar-refractivity contribution in [2.75, 3.05) is 47.0 Å². The number of hydrogen-bond acceptors (Lipinski definition) is 6. The van der Waals surface area contributed by atoms with Crippen LogP contribution in [0.2, 0.25) is 0 Å². The summed E-state index contributed by atoms with van der Waals surface area (Å²) in [7, 11) is 3.08. The second-order valence-electron chi connectivity index (χ2n) is 9.02. The van der Waals surface area contributed by atoms with E-state index in [9.17, 15) is 14.7 Å². The van der Waals surface area contributed by atoms with E-state index in [0.29, 0.717) is 47.9 Å². The monoisotopic (exact) mass is 510 g/mol. The molecule has 8 nitrogen and oxygen atoms in total. The molecular weight excluding hydrogens is 472 g/mol. The third-order valence-corrected chi connectivity index (χ3v) is 6.78. The molecule has 1 N–H and O–H groups in total. The van der Waals surface area contributed by atoms with Crippen LogP contribution in [-0.4, -0.2) is 63.6 Å². The normalized spacial score (nSPS) is 16.9. The highest BCUT2D eigenvalue weighted by molar-refractivity contribution is 6.46. The number of quaternary nitrogens is 1. The van der Waals surface area contributed by atoms with E-state index in [-0.39, 0.29) is 5.57 Å². The fourth-order valence-electron chi connectivity index (χ4n) is 4.63. The maximum atomic E-state index is 13.6. The highest BCUT2D eigenvalue weighted by atomic mass is 16.5. The number of nitrogens with zero attached hydrogens (tertiary/aromatic N) is 1. The Balaban J connectivity index is 2.07. The molecule has 0 spiro atoms. The number of carbonyl (C=O) groups is 2. The third-order valence-electron chi connectivity index (χ3n) is 6.78. The van der Waals surface area contributed by atoms with Crippen LogP contribution >= 0.6 is 0 Å².